The van der Waals surface area contributed by atoms with Gasteiger partial charge in [0.1, 0.15) is 11.6 Å². The van der Waals surface area contributed by atoms with E-state index >= 15 is 0 Å². The lowest BCUT2D eigenvalue weighted by Gasteiger charge is -2.09. The van der Waals surface area contributed by atoms with E-state index in [2.05, 4.69) is 0 Å². The number of hydrogen-bond acceptors (Lipinski definition) is 2. The van der Waals surface area contributed by atoms with Crippen LogP contribution in [0.1, 0.15) is 11.1 Å². The lowest BCUT2D eigenvalue weighted by molar-refractivity contribution is 0.410. The molecule has 0 aromatic heterocycles. The summed E-state index contributed by atoms with van der Waals surface area (Å²) in [6, 6.07) is 12.2. The van der Waals surface area contributed by atoms with Crippen molar-refractivity contribution in [2.24, 2.45) is 0 Å². The Bertz CT molecular complexity index is 525. The second kappa shape index (κ2) is 4.87. The van der Waals surface area contributed by atoms with E-state index in [4.69, 9.17) is 10.5 Å². The number of anilines is 1. The molecule has 0 aliphatic heterocycles. The van der Waals surface area contributed by atoms with Gasteiger partial charge in [-0.15, -0.1) is 0 Å². The Morgan fingerprint density at radius 3 is 2.59 bits per heavy atom. The average Bonchev–Trinajstić information content (AvgIpc) is 2.33. The van der Waals surface area contributed by atoms with Gasteiger partial charge in [-0.05, 0) is 29.3 Å². The first-order valence-corrected chi connectivity index (χ1v) is 5.36. The van der Waals surface area contributed by atoms with Crippen molar-refractivity contribution in [3.05, 3.63) is 59.4 Å². The molecule has 0 aliphatic rings. The molecule has 0 fully saturated rings. The van der Waals surface area contributed by atoms with E-state index in [1.165, 1.54) is 12.1 Å². The summed E-state index contributed by atoms with van der Waals surface area (Å²) in [5, 5.41) is 0. The molecule has 3 heteroatoms. The largest absolute Gasteiger partial charge is 0.496 e. The first kappa shape index (κ1) is 11.5. The van der Waals surface area contributed by atoms with E-state index in [9.17, 15) is 4.39 Å². The lowest BCUT2D eigenvalue weighted by atomic mass is 10.0. The Balaban J connectivity index is 2.31. The third-order valence-electron chi connectivity index (χ3n) is 2.68. The van der Waals surface area contributed by atoms with Crippen molar-refractivity contribution in [3.63, 3.8) is 0 Å². The molecule has 2 aromatic carbocycles. The van der Waals surface area contributed by atoms with Gasteiger partial charge in [0.05, 0.1) is 7.11 Å². The molecule has 2 N–H and O–H groups in total. The van der Waals surface area contributed by atoms with Crippen molar-refractivity contribution < 1.29 is 9.13 Å². The van der Waals surface area contributed by atoms with Crippen molar-refractivity contribution >= 4 is 5.69 Å². The Hall–Kier alpha value is -2.03. The van der Waals surface area contributed by atoms with Gasteiger partial charge in [0.25, 0.3) is 0 Å². The van der Waals surface area contributed by atoms with Crippen LogP contribution in [0.15, 0.2) is 42.5 Å². The van der Waals surface area contributed by atoms with Crippen LogP contribution in [0.5, 0.6) is 5.75 Å². The fraction of sp³-hybridized carbons (Fsp3) is 0.143. The third-order valence-corrected chi connectivity index (χ3v) is 2.68. The molecule has 0 heterocycles. The molecular formula is C14H14FNO. The number of para-hydroxylation sites is 1. The van der Waals surface area contributed by atoms with Crippen LogP contribution in [0.3, 0.4) is 0 Å². The minimum atomic E-state index is -0.314. The van der Waals surface area contributed by atoms with Crippen molar-refractivity contribution in [2.75, 3.05) is 12.8 Å². The van der Waals surface area contributed by atoms with Gasteiger partial charge < -0.3 is 10.5 Å². The van der Waals surface area contributed by atoms with Crippen LogP contribution in [0.25, 0.3) is 0 Å². The van der Waals surface area contributed by atoms with Gasteiger partial charge in [-0.2, -0.15) is 0 Å². The summed E-state index contributed by atoms with van der Waals surface area (Å²) >= 11 is 0. The van der Waals surface area contributed by atoms with E-state index < -0.39 is 0 Å². The van der Waals surface area contributed by atoms with Crippen molar-refractivity contribution in [1.29, 1.82) is 0 Å². The molecule has 17 heavy (non-hydrogen) atoms. The summed E-state index contributed by atoms with van der Waals surface area (Å²) in [5.74, 6) is 0.502. The average molecular weight is 231 g/mol. The van der Waals surface area contributed by atoms with Gasteiger partial charge in [0, 0.05) is 12.1 Å². The molecule has 88 valence electrons. The van der Waals surface area contributed by atoms with Gasteiger partial charge in [-0.3, -0.25) is 0 Å². The topological polar surface area (TPSA) is 35.2 Å². The number of nitrogen functional groups attached to an aromatic ring is 1. The first-order chi connectivity index (χ1) is 8.20. The van der Waals surface area contributed by atoms with Crippen LogP contribution in [0, 0.1) is 5.82 Å². The highest BCUT2D eigenvalue weighted by molar-refractivity contribution is 5.50. The maximum absolute atomic E-state index is 12.9. The molecule has 0 saturated carbocycles. The predicted molar refractivity (Wildman–Crippen MR) is 66.6 cm³/mol. The minimum Gasteiger partial charge on any atom is -0.496 e. The third kappa shape index (κ3) is 2.56. The van der Waals surface area contributed by atoms with Crippen molar-refractivity contribution in [2.45, 2.75) is 6.42 Å². The fourth-order valence-corrected chi connectivity index (χ4v) is 1.78. The molecule has 0 unspecified atom stereocenters. The summed E-state index contributed by atoms with van der Waals surface area (Å²) in [7, 11) is 1.63. The summed E-state index contributed by atoms with van der Waals surface area (Å²) in [6.45, 7) is 0. The highest BCUT2D eigenvalue weighted by atomic mass is 19.1. The maximum atomic E-state index is 12.9. The molecule has 0 atom stereocenters. The molecule has 0 radical (unpaired) electrons. The zero-order chi connectivity index (χ0) is 12.3. The zero-order valence-electron chi connectivity index (χ0n) is 9.61. The second-order valence-corrected chi connectivity index (χ2v) is 3.83. The number of halogens is 1. The van der Waals surface area contributed by atoms with Gasteiger partial charge in [0.15, 0.2) is 0 Å². The van der Waals surface area contributed by atoms with Gasteiger partial charge in [-0.25, -0.2) is 4.39 Å². The quantitative estimate of drug-likeness (QED) is 0.824. The molecule has 2 aromatic rings. The van der Waals surface area contributed by atoms with Crippen LogP contribution in [0.2, 0.25) is 0 Å². The van der Waals surface area contributed by atoms with Gasteiger partial charge in [-0.1, -0.05) is 24.3 Å². The molecule has 0 spiro atoms. The number of hydrogen-bond donors (Lipinski definition) is 1. The summed E-state index contributed by atoms with van der Waals surface area (Å²) in [4.78, 5) is 0. The highest BCUT2D eigenvalue weighted by Gasteiger charge is 2.06. The lowest BCUT2D eigenvalue weighted by Crippen LogP contribution is -1.98. The molecular weight excluding hydrogens is 217 g/mol. The normalized spacial score (nSPS) is 10.2. The number of methoxy groups -OCH3 is 1. The summed E-state index contributed by atoms with van der Waals surface area (Å²) in [6.07, 6.45) is 0.635. The summed E-state index contributed by atoms with van der Waals surface area (Å²) < 4.78 is 18.2. The Morgan fingerprint density at radius 1 is 1.12 bits per heavy atom. The Labute approximate surface area is 99.8 Å². The van der Waals surface area contributed by atoms with Crippen LogP contribution in [0.4, 0.5) is 10.1 Å². The Kier molecular flexibility index (Phi) is 3.28. The maximum Gasteiger partial charge on any atom is 0.125 e. The predicted octanol–water partition coefficient (Wildman–Crippen LogP) is 3.01. The smallest absolute Gasteiger partial charge is 0.125 e. The number of ether oxygens (including phenoxy) is 1. The monoisotopic (exact) mass is 231 g/mol. The Morgan fingerprint density at radius 2 is 1.88 bits per heavy atom. The number of rotatable bonds is 3. The van der Waals surface area contributed by atoms with Gasteiger partial charge in [0.2, 0.25) is 0 Å². The molecule has 2 rings (SSSR count). The van der Waals surface area contributed by atoms with Crippen LogP contribution >= 0.6 is 0 Å². The van der Waals surface area contributed by atoms with Crippen LogP contribution in [-0.2, 0) is 6.42 Å². The molecule has 0 amide bonds. The van der Waals surface area contributed by atoms with E-state index in [0.29, 0.717) is 12.1 Å². The highest BCUT2D eigenvalue weighted by Crippen LogP contribution is 2.23. The number of benzene rings is 2. The zero-order valence-corrected chi connectivity index (χ0v) is 9.61. The minimum absolute atomic E-state index is 0.314. The van der Waals surface area contributed by atoms with E-state index in [0.717, 1.165) is 16.9 Å². The molecule has 0 saturated heterocycles. The van der Waals surface area contributed by atoms with Gasteiger partial charge >= 0.3 is 0 Å². The van der Waals surface area contributed by atoms with E-state index in [1.807, 2.05) is 24.3 Å². The van der Waals surface area contributed by atoms with E-state index in [1.54, 1.807) is 13.2 Å². The molecule has 0 bridgehead atoms. The summed E-state index contributed by atoms with van der Waals surface area (Å²) in [5.41, 5.74) is 8.18. The standard InChI is InChI=1S/C14H14FNO/c1-17-14-5-3-2-4-11(14)8-10-6-7-12(15)9-13(10)16/h2-7,9H,8,16H2,1H3. The van der Waals surface area contributed by atoms with E-state index in [-0.39, 0.29) is 5.82 Å². The second-order valence-electron chi connectivity index (χ2n) is 3.83. The fourth-order valence-electron chi connectivity index (χ4n) is 1.78. The van der Waals surface area contributed by atoms with Crippen molar-refractivity contribution in [3.8, 4) is 5.75 Å². The first-order valence-electron chi connectivity index (χ1n) is 5.36. The molecule has 0 aliphatic carbocycles. The van der Waals surface area contributed by atoms with Crippen molar-refractivity contribution in [1.82, 2.24) is 0 Å². The molecule has 2 nitrogen and oxygen atoms in total. The number of nitrogens with two attached hydrogens (primary N) is 1. The van der Waals surface area contributed by atoms with Crippen LogP contribution in [-0.4, -0.2) is 7.11 Å². The van der Waals surface area contributed by atoms with Crippen LogP contribution < -0.4 is 10.5 Å². The SMILES string of the molecule is COc1ccccc1Cc1ccc(F)cc1N.